The van der Waals surface area contributed by atoms with Gasteiger partial charge in [-0.05, 0) is 36.8 Å². The van der Waals surface area contributed by atoms with Crippen molar-refractivity contribution in [2.45, 2.75) is 17.9 Å². The van der Waals surface area contributed by atoms with Gasteiger partial charge in [-0.1, -0.05) is 40.9 Å². The van der Waals surface area contributed by atoms with Gasteiger partial charge in [-0.2, -0.15) is 4.31 Å². The molecule has 1 amide bonds. The molecule has 0 saturated carbocycles. The minimum absolute atomic E-state index is 0.00256. The second-order valence-corrected chi connectivity index (χ2v) is 9.78. The molecule has 1 aliphatic heterocycles. The lowest BCUT2D eigenvalue weighted by Crippen LogP contribution is -2.40. The SMILES string of the molecule is CC(NC(=O)c1cc(S(=O)(=O)N2CCOCC2)c(Cl)cc1Cl)c1ccc(F)c(Cl)c1. The van der Waals surface area contributed by atoms with Crippen LogP contribution in [-0.4, -0.2) is 44.9 Å². The molecule has 3 rings (SSSR count). The predicted molar refractivity (Wildman–Crippen MR) is 113 cm³/mol. The summed E-state index contributed by atoms with van der Waals surface area (Å²) in [5.74, 6) is -1.18. The van der Waals surface area contributed by atoms with E-state index in [1.54, 1.807) is 6.92 Å². The van der Waals surface area contributed by atoms with Gasteiger partial charge in [0, 0.05) is 13.1 Å². The molecule has 2 aromatic rings. The summed E-state index contributed by atoms with van der Waals surface area (Å²) in [6, 6.07) is 5.94. The Bertz CT molecular complexity index is 1080. The fraction of sp³-hybridized carbons (Fsp3) is 0.316. The van der Waals surface area contributed by atoms with Crippen LogP contribution in [0.4, 0.5) is 4.39 Å². The van der Waals surface area contributed by atoms with Gasteiger partial charge in [0.25, 0.3) is 5.91 Å². The van der Waals surface area contributed by atoms with Gasteiger partial charge < -0.3 is 10.1 Å². The maximum atomic E-state index is 13.4. The van der Waals surface area contributed by atoms with Crippen LogP contribution in [-0.2, 0) is 14.8 Å². The Balaban J connectivity index is 1.89. The van der Waals surface area contributed by atoms with Crippen LogP contribution in [0.5, 0.6) is 0 Å². The van der Waals surface area contributed by atoms with Crippen LogP contribution in [0.25, 0.3) is 0 Å². The Hall–Kier alpha value is -1.42. The first-order chi connectivity index (χ1) is 14.1. The molecule has 0 aliphatic carbocycles. The molecule has 2 aromatic carbocycles. The first kappa shape index (κ1) is 23.2. The third-order valence-electron chi connectivity index (χ3n) is 4.65. The van der Waals surface area contributed by atoms with Crippen LogP contribution in [0.1, 0.15) is 28.9 Å². The number of nitrogens with one attached hydrogen (secondary N) is 1. The minimum Gasteiger partial charge on any atom is -0.379 e. The zero-order chi connectivity index (χ0) is 22.1. The highest BCUT2D eigenvalue weighted by Gasteiger charge is 2.30. The van der Waals surface area contributed by atoms with Gasteiger partial charge in [0.1, 0.15) is 10.7 Å². The van der Waals surface area contributed by atoms with Gasteiger partial charge in [0.05, 0.1) is 39.9 Å². The number of sulfonamides is 1. The van der Waals surface area contributed by atoms with Gasteiger partial charge in [-0.15, -0.1) is 0 Å². The van der Waals surface area contributed by atoms with Crippen LogP contribution < -0.4 is 5.32 Å². The van der Waals surface area contributed by atoms with Crippen molar-refractivity contribution in [2.24, 2.45) is 0 Å². The van der Waals surface area contributed by atoms with Crippen LogP contribution in [0.15, 0.2) is 35.2 Å². The molecule has 6 nitrogen and oxygen atoms in total. The summed E-state index contributed by atoms with van der Waals surface area (Å²) < 4.78 is 45.7. The molecule has 0 radical (unpaired) electrons. The highest BCUT2D eigenvalue weighted by atomic mass is 35.5. The molecule has 1 N–H and O–H groups in total. The maximum absolute atomic E-state index is 13.4. The third kappa shape index (κ3) is 4.90. The molecule has 11 heteroatoms. The lowest BCUT2D eigenvalue weighted by Gasteiger charge is -2.26. The van der Waals surface area contributed by atoms with Crippen LogP contribution in [0.2, 0.25) is 15.1 Å². The smallest absolute Gasteiger partial charge is 0.253 e. The lowest BCUT2D eigenvalue weighted by molar-refractivity contribution is 0.0730. The molecule has 1 fully saturated rings. The highest BCUT2D eigenvalue weighted by Crippen LogP contribution is 2.31. The summed E-state index contributed by atoms with van der Waals surface area (Å²) in [7, 11) is -3.93. The van der Waals surface area contributed by atoms with E-state index < -0.39 is 27.8 Å². The van der Waals surface area contributed by atoms with Crippen LogP contribution in [0.3, 0.4) is 0 Å². The summed E-state index contributed by atoms with van der Waals surface area (Å²) in [6.07, 6.45) is 0. The van der Waals surface area contributed by atoms with E-state index in [4.69, 9.17) is 39.5 Å². The molecular formula is C19H18Cl3FN2O4S. The molecule has 1 saturated heterocycles. The molecule has 0 bridgehead atoms. The molecule has 162 valence electrons. The monoisotopic (exact) mass is 494 g/mol. The fourth-order valence-electron chi connectivity index (χ4n) is 2.97. The normalized spacial score (nSPS) is 16.3. The molecule has 0 aromatic heterocycles. The van der Waals surface area contributed by atoms with E-state index >= 15 is 0 Å². The van der Waals surface area contributed by atoms with Crippen molar-refractivity contribution < 1.29 is 22.3 Å². The highest BCUT2D eigenvalue weighted by molar-refractivity contribution is 7.89. The Labute approximate surface area is 188 Å². The van der Waals surface area contributed by atoms with Crippen LogP contribution in [0, 0.1) is 5.82 Å². The van der Waals surface area contributed by atoms with E-state index in [0.29, 0.717) is 5.56 Å². The summed E-state index contributed by atoms with van der Waals surface area (Å²) in [5, 5.41) is 2.55. The molecule has 1 heterocycles. The first-order valence-corrected chi connectivity index (χ1v) is 11.5. The van der Waals surface area contributed by atoms with Crippen LogP contribution >= 0.6 is 34.8 Å². The Kier molecular flexibility index (Phi) is 7.27. The number of carbonyl (C=O) groups is 1. The Morgan fingerprint density at radius 3 is 2.40 bits per heavy atom. The van der Waals surface area contributed by atoms with Crippen molar-refractivity contribution >= 4 is 50.7 Å². The van der Waals surface area contributed by atoms with E-state index in [2.05, 4.69) is 5.32 Å². The molecule has 0 spiro atoms. The van der Waals surface area contributed by atoms with Crippen molar-refractivity contribution in [3.05, 3.63) is 62.3 Å². The fourth-order valence-corrected chi connectivity index (χ4v) is 5.40. The summed E-state index contributed by atoms with van der Waals surface area (Å²) in [6.45, 7) is 2.60. The van der Waals surface area contributed by atoms with Gasteiger partial charge in [-0.25, -0.2) is 12.8 Å². The molecule has 1 aliphatic rings. The third-order valence-corrected chi connectivity index (χ3v) is 7.61. The van der Waals surface area contributed by atoms with Crippen molar-refractivity contribution in [3.8, 4) is 0 Å². The zero-order valence-corrected chi connectivity index (χ0v) is 18.9. The molecular weight excluding hydrogens is 478 g/mol. The van der Waals surface area contributed by atoms with E-state index in [-0.39, 0.29) is 51.8 Å². The summed E-state index contributed by atoms with van der Waals surface area (Å²) in [4.78, 5) is 12.6. The van der Waals surface area contributed by atoms with Crippen molar-refractivity contribution in [1.29, 1.82) is 0 Å². The van der Waals surface area contributed by atoms with E-state index in [1.165, 1.54) is 28.6 Å². The van der Waals surface area contributed by atoms with Crippen molar-refractivity contribution in [1.82, 2.24) is 9.62 Å². The molecule has 1 atom stereocenters. The Morgan fingerprint density at radius 1 is 1.10 bits per heavy atom. The minimum atomic E-state index is -3.93. The van der Waals surface area contributed by atoms with Crippen molar-refractivity contribution in [3.63, 3.8) is 0 Å². The number of amides is 1. The van der Waals surface area contributed by atoms with Gasteiger partial charge in [-0.3, -0.25) is 4.79 Å². The topological polar surface area (TPSA) is 75.7 Å². The number of benzene rings is 2. The van der Waals surface area contributed by atoms with Crippen molar-refractivity contribution in [2.75, 3.05) is 26.3 Å². The number of carbonyl (C=O) groups excluding carboxylic acids is 1. The average Bonchev–Trinajstić information content (AvgIpc) is 2.70. The maximum Gasteiger partial charge on any atom is 0.253 e. The summed E-state index contributed by atoms with van der Waals surface area (Å²) in [5.41, 5.74) is 0.522. The average molecular weight is 496 g/mol. The summed E-state index contributed by atoms with van der Waals surface area (Å²) >= 11 is 18.1. The number of nitrogens with zero attached hydrogens (tertiary/aromatic N) is 1. The second kappa shape index (κ2) is 9.38. The number of halogens is 4. The number of morpholine rings is 1. The quantitative estimate of drug-likeness (QED) is 0.671. The standard InChI is InChI=1S/C19H18Cl3FN2O4S/c1-11(12-2-3-17(23)15(21)8-12)24-19(26)13-9-18(16(22)10-14(13)20)30(27,28)25-4-6-29-7-5-25/h2-3,8-11H,4-7H2,1H3,(H,24,26). The van der Waals surface area contributed by atoms with Gasteiger partial charge in [0.2, 0.25) is 10.0 Å². The predicted octanol–water partition coefficient (Wildman–Crippen LogP) is 4.30. The number of hydrogen-bond donors (Lipinski definition) is 1. The molecule has 1 unspecified atom stereocenters. The van der Waals surface area contributed by atoms with Gasteiger partial charge >= 0.3 is 0 Å². The van der Waals surface area contributed by atoms with E-state index in [9.17, 15) is 17.6 Å². The second-order valence-electron chi connectivity index (χ2n) is 6.65. The Morgan fingerprint density at radius 2 is 1.77 bits per heavy atom. The number of hydrogen-bond acceptors (Lipinski definition) is 4. The number of ether oxygens (including phenoxy) is 1. The van der Waals surface area contributed by atoms with E-state index in [1.807, 2.05) is 0 Å². The largest absolute Gasteiger partial charge is 0.379 e. The first-order valence-electron chi connectivity index (χ1n) is 8.94. The number of rotatable bonds is 5. The molecule has 30 heavy (non-hydrogen) atoms. The lowest BCUT2D eigenvalue weighted by atomic mass is 10.1. The van der Waals surface area contributed by atoms with E-state index in [0.717, 1.165) is 6.07 Å². The zero-order valence-electron chi connectivity index (χ0n) is 15.8. The van der Waals surface area contributed by atoms with Gasteiger partial charge in [0.15, 0.2) is 0 Å².